The smallest absolute Gasteiger partial charge is 0.246 e. The maximum absolute atomic E-state index is 14.6. The van der Waals surface area contributed by atoms with Crippen molar-refractivity contribution in [1.29, 1.82) is 5.26 Å². The van der Waals surface area contributed by atoms with Gasteiger partial charge >= 0.3 is 0 Å². The molecule has 12 nitrogen and oxygen atoms in total. The first kappa shape index (κ1) is 33.4. The van der Waals surface area contributed by atoms with Crippen LogP contribution in [0.3, 0.4) is 0 Å². The van der Waals surface area contributed by atoms with Gasteiger partial charge in [0.1, 0.15) is 28.1 Å². The van der Waals surface area contributed by atoms with Gasteiger partial charge in [-0.2, -0.15) is 5.26 Å². The third-order valence-electron chi connectivity index (χ3n) is 7.32. The Morgan fingerprint density at radius 2 is 1.58 bits per heavy atom. The normalized spacial score (nSPS) is 13.0. The van der Waals surface area contributed by atoms with Crippen LogP contribution in [0.4, 0.5) is 5.95 Å². The van der Waals surface area contributed by atoms with E-state index in [1.807, 2.05) is 6.07 Å². The molecule has 0 unspecified atom stereocenters. The Kier molecular flexibility index (Phi) is 10.2. The van der Waals surface area contributed by atoms with Crippen molar-refractivity contribution in [3.05, 3.63) is 71.8 Å². The van der Waals surface area contributed by atoms with Crippen LogP contribution >= 0.6 is 0 Å². The molecule has 14 heteroatoms. The Bertz CT molecular complexity index is 1760. The molecule has 0 aliphatic carbocycles. The number of aliphatic hydroxyl groups is 1. The number of hydrogen-bond donors (Lipinski definition) is 1. The summed E-state index contributed by atoms with van der Waals surface area (Å²) in [5.41, 5.74) is 1.50. The molecule has 0 spiro atoms. The summed E-state index contributed by atoms with van der Waals surface area (Å²) < 4.78 is 48.7. The molecule has 2 heterocycles. The highest BCUT2D eigenvalue weighted by atomic mass is 32.2. The SMILES string of the molecule is COc1cccc(-c2nnc(N(CC[Si](C)(C)C)S(=O)(=O)[C@H](C)[C@@H](O)c3ccc(C#N)cc3)n2-c2c(OC)cccc2OC)n1. The monoisotopic (exact) mass is 650 g/mol. The number of aliphatic hydroxyl groups excluding tert-OH is 1. The summed E-state index contributed by atoms with van der Waals surface area (Å²) in [5, 5.41) is 28.1. The number of sulfonamides is 1. The molecular weight excluding hydrogens is 613 g/mol. The van der Waals surface area contributed by atoms with Crippen molar-refractivity contribution in [2.75, 3.05) is 32.2 Å². The quantitative estimate of drug-likeness (QED) is 0.199. The predicted octanol–water partition coefficient (Wildman–Crippen LogP) is 4.82. The summed E-state index contributed by atoms with van der Waals surface area (Å²) in [4.78, 5) is 4.54. The molecule has 45 heavy (non-hydrogen) atoms. The average molecular weight is 651 g/mol. The fraction of sp³-hybridized carbons (Fsp3) is 0.355. The number of pyridine rings is 1. The highest BCUT2D eigenvalue weighted by Crippen LogP contribution is 2.40. The van der Waals surface area contributed by atoms with Crippen molar-refractivity contribution in [2.45, 2.75) is 44.0 Å². The summed E-state index contributed by atoms with van der Waals surface area (Å²) in [5.74, 6) is 1.30. The number of benzene rings is 2. The van der Waals surface area contributed by atoms with Gasteiger partial charge in [0.15, 0.2) is 5.82 Å². The molecule has 0 fully saturated rings. The van der Waals surface area contributed by atoms with E-state index in [1.54, 1.807) is 65.2 Å². The summed E-state index contributed by atoms with van der Waals surface area (Å²) in [6.07, 6.45) is -1.39. The Hall–Kier alpha value is -4.45. The van der Waals surface area contributed by atoms with E-state index in [-0.39, 0.29) is 18.3 Å². The first-order valence-electron chi connectivity index (χ1n) is 14.2. The molecule has 0 saturated heterocycles. The lowest BCUT2D eigenvalue weighted by atomic mass is 10.1. The first-order chi connectivity index (χ1) is 21.4. The van der Waals surface area contributed by atoms with E-state index in [0.717, 1.165) is 0 Å². The summed E-state index contributed by atoms with van der Waals surface area (Å²) >= 11 is 0. The fourth-order valence-corrected chi connectivity index (χ4v) is 7.31. The highest BCUT2D eigenvalue weighted by molar-refractivity contribution is 7.93. The van der Waals surface area contributed by atoms with Gasteiger partial charge in [0.25, 0.3) is 0 Å². The zero-order valence-electron chi connectivity index (χ0n) is 26.4. The number of nitriles is 1. The number of methoxy groups -OCH3 is 3. The lowest BCUT2D eigenvalue weighted by Crippen LogP contribution is -2.44. The van der Waals surface area contributed by atoms with Gasteiger partial charge in [-0.05, 0) is 48.9 Å². The van der Waals surface area contributed by atoms with Crippen LogP contribution < -0.4 is 18.5 Å². The molecule has 2 aromatic carbocycles. The third-order valence-corrected chi connectivity index (χ3v) is 11.2. The lowest BCUT2D eigenvalue weighted by Gasteiger charge is -2.31. The van der Waals surface area contributed by atoms with Gasteiger partial charge in [0.05, 0.1) is 39.1 Å². The highest BCUT2D eigenvalue weighted by Gasteiger charge is 2.39. The Labute approximate surface area is 264 Å². The van der Waals surface area contributed by atoms with Crippen LogP contribution in [-0.4, -0.2) is 74.5 Å². The van der Waals surface area contributed by atoms with Crippen LogP contribution in [0.25, 0.3) is 17.2 Å². The molecule has 2 atom stereocenters. The standard InChI is InChI=1S/C31H38N6O6SSi/c1-21(29(38)23-16-14-22(20-32)15-17-23)44(39,40)36(18-19-45(5,6)7)31-35-34-30(24-10-8-13-27(33-24)43-4)37(31)28-25(41-2)11-9-12-26(28)42-3/h8-17,21,29,38H,18-19H2,1-7H3/t21-,29-/m1/s1. The fourth-order valence-electron chi connectivity index (χ4n) is 4.68. The van der Waals surface area contributed by atoms with E-state index >= 15 is 0 Å². The van der Waals surface area contributed by atoms with Crippen molar-refractivity contribution in [3.63, 3.8) is 0 Å². The van der Waals surface area contributed by atoms with Gasteiger partial charge in [-0.1, -0.05) is 43.9 Å². The van der Waals surface area contributed by atoms with Gasteiger partial charge in [0.2, 0.25) is 21.9 Å². The zero-order valence-corrected chi connectivity index (χ0v) is 28.2. The molecule has 0 amide bonds. The van der Waals surface area contributed by atoms with Gasteiger partial charge < -0.3 is 19.3 Å². The van der Waals surface area contributed by atoms with Crippen LogP contribution in [0.1, 0.15) is 24.2 Å². The summed E-state index contributed by atoms with van der Waals surface area (Å²) in [6.45, 7) is 7.98. The molecule has 0 bridgehead atoms. The summed E-state index contributed by atoms with van der Waals surface area (Å²) in [7, 11) is -1.61. The van der Waals surface area contributed by atoms with Crippen LogP contribution in [0.15, 0.2) is 60.7 Å². The van der Waals surface area contributed by atoms with Crippen LogP contribution in [-0.2, 0) is 10.0 Å². The van der Waals surface area contributed by atoms with Crippen LogP contribution in [0, 0.1) is 11.3 Å². The van der Waals surface area contributed by atoms with Crippen molar-refractivity contribution >= 4 is 24.0 Å². The second-order valence-electron chi connectivity index (χ2n) is 11.5. The zero-order chi connectivity index (χ0) is 32.9. The molecule has 0 aliphatic heterocycles. The second kappa shape index (κ2) is 13.7. The molecule has 4 aromatic rings. The van der Waals surface area contributed by atoms with Gasteiger partial charge in [-0.3, -0.25) is 4.57 Å². The van der Waals surface area contributed by atoms with E-state index in [1.165, 1.54) is 32.6 Å². The third kappa shape index (κ3) is 7.11. The molecule has 0 radical (unpaired) electrons. The van der Waals surface area contributed by atoms with Crippen molar-refractivity contribution in [1.82, 2.24) is 19.7 Å². The number of hydrogen-bond acceptors (Lipinski definition) is 10. The maximum atomic E-state index is 14.6. The average Bonchev–Trinajstić information content (AvgIpc) is 3.47. The van der Waals surface area contributed by atoms with E-state index in [9.17, 15) is 18.8 Å². The molecule has 0 aliphatic rings. The predicted molar refractivity (Wildman–Crippen MR) is 174 cm³/mol. The minimum atomic E-state index is -4.30. The first-order valence-corrected chi connectivity index (χ1v) is 19.4. The van der Waals surface area contributed by atoms with E-state index in [0.29, 0.717) is 45.9 Å². The number of aromatic nitrogens is 4. The largest absolute Gasteiger partial charge is 0.494 e. The number of nitrogens with zero attached hydrogens (tertiary/aromatic N) is 6. The van der Waals surface area contributed by atoms with Gasteiger partial charge in [-0.25, -0.2) is 17.7 Å². The van der Waals surface area contributed by atoms with Gasteiger partial charge in [-0.15, -0.1) is 10.2 Å². The van der Waals surface area contributed by atoms with Gasteiger partial charge in [0, 0.05) is 20.7 Å². The number of rotatable bonds is 13. The minimum absolute atomic E-state index is 0.0189. The van der Waals surface area contributed by atoms with E-state index in [4.69, 9.17) is 14.2 Å². The Balaban J connectivity index is 1.98. The molecule has 4 rings (SSSR count). The Morgan fingerprint density at radius 1 is 0.956 bits per heavy atom. The van der Waals surface area contributed by atoms with Crippen LogP contribution in [0.5, 0.6) is 17.4 Å². The Morgan fingerprint density at radius 3 is 2.13 bits per heavy atom. The number of ether oxygens (including phenoxy) is 3. The minimum Gasteiger partial charge on any atom is -0.494 e. The number of para-hydroxylation sites is 1. The number of anilines is 1. The topological polar surface area (TPSA) is 153 Å². The van der Waals surface area contributed by atoms with E-state index in [2.05, 4.69) is 34.8 Å². The van der Waals surface area contributed by atoms with Crippen molar-refractivity contribution < 1.29 is 27.7 Å². The lowest BCUT2D eigenvalue weighted by molar-refractivity contribution is 0.176. The maximum Gasteiger partial charge on any atom is 0.246 e. The molecule has 1 N–H and O–H groups in total. The molecule has 238 valence electrons. The van der Waals surface area contributed by atoms with Crippen molar-refractivity contribution in [2.24, 2.45) is 0 Å². The van der Waals surface area contributed by atoms with E-state index < -0.39 is 29.5 Å². The molecular formula is C31H38N6O6SSi. The van der Waals surface area contributed by atoms with Crippen molar-refractivity contribution in [3.8, 4) is 40.7 Å². The second-order valence-corrected chi connectivity index (χ2v) is 19.4. The molecule has 2 aromatic heterocycles. The van der Waals surface area contributed by atoms with Crippen LogP contribution in [0.2, 0.25) is 25.7 Å². The molecule has 0 saturated carbocycles. The summed E-state index contributed by atoms with van der Waals surface area (Å²) in [6, 6.07) is 19.2.